The summed E-state index contributed by atoms with van der Waals surface area (Å²) in [4.78, 5) is 27.8. The highest BCUT2D eigenvalue weighted by Crippen LogP contribution is 2.09. The fourth-order valence-electron chi connectivity index (χ4n) is 2.51. The number of carbonyl (C=O) groups is 2. The van der Waals surface area contributed by atoms with E-state index in [0.29, 0.717) is 12.1 Å². The minimum atomic E-state index is 0.0606. The number of carbonyl (C=O) groups excluding carboxylic acids is 2. The van der Waals surface area contributed by atoms with Gasteiger partial charge in [0, 0.05) is 18.7 Å². The van der Waals surface area contributed by atoms with Crippen molar-refractivity contribution in [2.75, 3.05) is 33.2 Å². The Labute approximate surface area is 120 Å². The SMILES string of the molecule is Cc1cccc(C(=O)CN(C)CC(=O)N2CCCC2)c1. The molecule has 1 aromatic rings. The van der Waals surface area contributed by atoms with Crippen LogP contribution in [0.25, 0.3) is 0 Å². The molecule has 4 heteroatoms. The summed E-state index contributed by atoms with van der Waals surface area (Å²) >= 11 is 0. The molecule has 1 aliphatic heterocycles. The van der Waals surface area contributed by atoms with Crippen LogP contribution in [0.5, 0.6) is 0 Å². The molecule has 0 radical (unpaired) electrons. The van der Waals surface area contributed by atoms with E-state index >= 15 is 0 Å². The molecule has 2 rings (SSSR count). The molecule has 0 unspecified atom stereocenters. The van der Waals surface area contributed by atoms with Crippen molar-refractivity contribution < 1.29 is 9.59 Å². The molecular weight excluding hydrogens is 252 g/mol. The molecule has 0 atom stereocenters. The van der Waals surface area contributed by atoms with E-state index in [4.69, 9.17) is 0 Å². The minimum absolute atomic E-state index is 0.0606. The van der Waals surface area contributed by atoms with Gasteiger partial charge in [0.05, 0.1) is 13.1 Å². The third kappa shape index (κ3) is 3.90. The van der Waals surface area contributed by atoms with Crippen LogP contribution in [0, 0.1) is 6.92 Å². The highest BCUT2D eigenvalue weighted by atomic mass is 16.2. The molecule has 0 saturated carbocycles. The number of amides is 1. The van der Waals surface area contributed by atoms with Crippen LogP contribution < -0.4 is 0 Å². The summed E-state index contributed by atoms with van der Waals surface area (Å²) in [5.74, 6) is 0.187. The predicted octanol–water partition coefficient (Wildman–Crippen LogP) is 1.73. The molecule has 0 N–H and O–H groups in total. The van der Waals surface area contributed by atoms with Crippen molar-refractivity contribution in [2.45, 2.75) is 19.8 Å². The van der Waals surface area contributed by atoms with E-state index in [1.807, 2.05) is 43.1 Å². The molecule has 20 heavy (non-hydrogen) atoms. The van der Waals surface area contributed by atoms with Crippen LogP contribution >= 0.6 is 0 Å². The van der Waals surface area contributed by atoms with Crippen LogP contribution in [0.15, 0.2) is 24.3 Å². The first-order valence-corrected chi connectivity index (χ1v) is 7.12. The number of hydrogen-bond acceptors (Lipinski definition) is 3. The number of nitrogens with zero attached hydrogens (tertiary/aromatic N) is 2. The number of aryl methyl sites for hydroxylation is 1. The van der Waals surface area contributed by atoms with Gasteiger partial charge in [0.15, 0.2) is 5.78 Å². The zero-order valence-corrected chi connectivity index (χ0v) is 12.3. The Morgan fingerprint density at radius 2 is 1.90 bits per heavy atom. The molecule has 0 spiro atoms. The van der Waals surface area contributed by atoms with Gasteiger partial charge in [-0.05, 0) is 32.9 Å². The van der Waals surface area contributed by atoms with E-state index in [0.717, 1.165) is 31.5 Å². The highest BCUT2D eigenvalue weighted by molar-refractivity contribution is 5.98. The number of likely N-dealkylation sites (tertiary alicyclic amines) is 1. The molecule has 4 nitrogen and oxygen atoms in total. The standard InChI is InChI=1S/C16H22N2O2/c1-13-6-5-7-14(10-13)15(19)11-17(2)12-16(20)18-8-3-4-9-18/h5-7,10H,3-4,8-9,11-12H2,1-2H3. The predicted molar refractivity (Wildman–Crippen MR) is 78.8 cm³/mol. The Balaban J connectivity index is 1.86. The molecule has 0 aromatic heterocycles. The topological polar surface area (TPSA) is 40.6 Å². The summed E-state index contributed by atoms with van der Waals surface area (Å²) in [6, 6.07) is 7.57. The van der Waals surface area contributed by atoms with Crippen molar-refractivity contribution in [3.63, 3.8) is 0 Å². The van der Waals surface area contributed by atoms with Gasteiger partial charge >= 0.3 is 0 Å². The van der Waals surface area contributed by atoms with Gasteiger partial charge in [-0.1, -0.05) is 23.8 Å². The normalized spacial score (nSPS) is 14.8. The maximum atomic E-state index is 12.1. The summed E-state index contributed by atoms with van der Waals surface area (Å²) in [6.45, 7) is 4.29. The van der Waals surface area contributed by atoms with Crippen LogP contribution in [0.3, 0.4) is 0 Å². The van der Waals surface area contributed by atoms with Crippen molar-refractivity contribution >= 4 is 11.7 Å². The Morgan fingerprint density at radius 3 is 2.55 bits per heavy atom. The fourth-order valence-corrected chi connectivity index (χ4v) is 2.51. The smallest absolute Gasteiger partial charge is 0.236 e. The van der Waals surface area contributed by atoms with Crippen molar-refractivity contribution in [3.05, 3.63) is 35.4 Å². The van der Waals surface area contributed by atoms with Gasteiger partial charge in [-0.2, -0.15) is 0 Å². The summed E-state index contributed by atoms with van der Waals surface area (Å²) in [7, 11) is 1.82. The van der Waals surface area contributed by atoms with Gasteiger partial charge in [-0.3, -0.25) is 14.5 Å². The number of rotatable bonds is 5. The van der Waals surface area contributed by atoms with Crippen molar-refractivity contribution in [2.24, 2.45) is 0 Å². The highest BCUT2D eigenvalue weighted by Gasteiger charge is 2.20. The molecule has 108 valence electrons. The number of Topliss-reactive ketones (excluding diaryl/α,β-unsaturated/α-hetero) is 1. The summed E-state index contributed by atoms with van der Waals surface area (Å²) < 4.78 is 0. The average molecular weight is 274 g/mol. The number of likely N-dealkylation sites (N-methyl/N-ethyl adjacent to an activating group) is 1. The van der Waals surface area contributed by atoms with Crippen LogP contribution in [0.2, 0.25) is 0 Å². The lowest BCUT2D eigenvalue weighted by Gasteiger charge is -2.20. The lowest BCUT2D eigenvalue weighted by atomic mass is 10.1. The molecule has 0 aliphatic carbocycles. The second kappa shape index (κ2) is 6.66. The Hall–Kier alpha value is -1.68. The zero-order chi connectivity index (χ0) is 14.5. The second-order valence-electron chi connectivity index (χ2n) is 5.55. The van der Waals surface area contributed by atoms with Crippen LogP contribution in [0.1, 0.15) is 28.8 Å². The zero-order valence-electron chi connectivity index (χ0n) is 12.3. The van der Waals surface area contributed by atoms with Crippen molar-refractivity contribution in [3.8, 4) is 0 Å². The largest absolute Gasteiger partial charge is 0.342 e. The molecule has 1 fully saturated rings. The lowest BCUT2D eigenvalue weighted by molar-refractivity contribution is -0.130. The van der Waals surface area contributed by atoms with Gasteiger partial charge < -0.3 is 4.90 Å². The Bertz CT molecular complexity index is 493. The van der Waals surface area contributed by atoms with Gasteiger partial charge in [-0.25, -0.2) is 0 Å². The molecule has 1 aliphatic rings. The first kappa shape index (κ1) is 14.7. The second-order valence-corrected chi connectivity index (χ2v) is 5.55. The van der Waals surface area contributed by atoms with Gasteiger partial charge in [0.2, 0.25) is 5.91 Å². The molecule has 1 amide bonds. The van der Waals surface area contributed by atoms with Crippen LogP contribution in [-0.4, -0.2) is 54.7 Å². The maximum absolute atomic E-state index is 12.1. The van der Waals surface area contributed by atoms with Gasteiger partial charge in [-0.15, -0.1) is 0 Å². The van der Waals surface area contributed by atoms with Crippen molar-refractivity contribution in [1.82, 2.24) is 9.80 Å². The quantitative estimate of drug-likeness (QED) is 0.768. The van der Waals surface area contributed by atoms with E-state index in [1.54, 1.807) is 4.90 Å². The van der Waals surface area contributed by atoms with E-state index in [1.165, 1.54) is 0 Å². The summed E-state index contributed by atoms with van der Waals surface area (Å²) in [5, 5.41) is 0. The van der Waals surface area contributed by atoms with E-state index in [2.05, 4.69) is 0 Å². The Morgan fingerprint density at radius 1 is 1.20 bits per heavy atom. The monoisotopic (exact) mass is 274 g/mol. The first-order chi connectivity index (χ1) is 9.56. The van der Waals surface area contributed by atoms with E-state index in [-0.39, 0.29) is 18.2 Å². The van der Waals surface area contributed by atoms with Gasteiger partial charge in [0.25, 0.3) is 0 Å². The third-order valence-corrected chi connectivity index (χ3v) is 3.62. The van der Waals surface area contributed by atoms with Crippen LogP contribution in [-0.2, 0) is 4.79 Å². The molecule has 1 saturated heterocycles. The summed E-state index contributed by atoms with van der Waals surface area (Å²) in [5.41, 5.74) is 1.79. The summed E-state index contributed by atoms with van der Waals surface area (Å²) in [6.07, 6.45) is 2.19. The van der Waals surface area contributed by atoms with Crippen molar-refractivity contribution in [1.29, 1.82) is 0 Å². The number of ketones is 1. The maximum Gasteiger partial charge on any atom is 0.236 e. The van der Waals surface area contributed by atoms with E-state index in [9.17, 15) is 9.59 Å². The first-order valence-electron chi connectivity index (χ1n) is 7.12. The lowest BCUT2D eigenvalue weighted by Crippen LogP contribution is -2.39. The number of benzene rings is 1. The van der Waals surface area contributed by atoms with E-state index < -0.39 is 0 Å². The molecular formula is C16H22N2O2. The van der Waals surface area contributed by atoms with Crippen LogP contribution in [0.4, 0.5) is 0 Å². The Kier molecular flexibility index (Phi) is 4.90. The third-order valence-electron chi connectivity index (χ3n) is 3.62. The van der Waals surface area contributed by atoms with Gasteiger partial charge in [0.1, 0.15) is 0 Å². The number of hydrogen-bond donors (Lipinski definition) is 0. The molecule has 1 aromatic carbocycles. The minimum Gasteiger partial charge on any atom is -0.342 e. The molecule has 0 bridgehead atoms. The average Bonchev–Trinajstić information content (AvgIpc) is 2.92. The molecule has 1 heterocycles. The fraction of sp³-hybridized carbons (Fsp3) is 0.500.